The molecule has 0 saturated carbocycles. The van der Waals surface area contributed by atoms with Gasteiger partial charge in [0.15, 0.2) is 12.3 Å². The number of esters is 1. The van der Waals surface area contributed by atoms with E-state index < -0.39 is 5.97 Å². The Morgan fingerprint density at radius 1 is 1.04 bits per heavy atom. The predicted molar refractivity (Wildman–Crippen MR) is 100 cm³/mol. The zero-order chi connectivity index (χ0) is 19.3. The number of ether oxygens (including phenoxy) is 1. The molecule has 6 heteroatoms. The van der Waals surface area contributed by atoms with Gasteiger partial charge in [-0.05, 0) is 29.9 Å². The lowest BCUT2D eigenvalue weighted by atomic mass is 9.92. The SMILES string of the molecule is Cc1cnc(C(=O)OCC(=O)Nc2c(C(C)C)cccc2C(C)C)cn1. The lowest BCUT2D eigenvalue weighted by Gasteiger charge is -2.20. The van der Waals surface area contributed by atoms with Crippen molar-refractivity contribution in [2.75, 3.05) is 11.9 Å². The maximum atomic E-state index is 12.3. The number of para-hydroxylation sites is 1. The van der Waals surface area contributed by atoms with E-state index in [1.807, 2.05) is 18.2 Å². The molecule has 1 N–H and O–H groups in total. The van der Waals surface area contributed by atoms with E-state index in [4.69, 9.17) is 4.74 Å². The number of aromatic nitrogens is 2. The van der Waals surface area contributed by atoms with E-state index in [1.165, 1.54) is 12.4 Å². The van der Waals surface area contributed by atoms with Gasteiger partial charge >= 0.3 is 5.97 Å². The summed E-state index contributed by atoms with van der Waals surface area (Å²) in [7, 11) is 0. The van der Waals surface area contributed by atoms with Gasteiger partial charge in [-0.1, -0.05) is 45.9 Å². The van der Waals surface area contributed by atoms with Crippen molar-refractivity contribution in [3.05, 3.63) is 53.1 Å². The lowest BCUT2D eigenvalue weighted by Crippen LogP contribution is -2.23. The molecule has 0 fully saturated rings. The topological polar surface area (TPSA) is 81.2 Å². The molecule has 0 unspecified atom stereocenters. The minimum absolute atomic E-state index is 0.0776. The highest BCUT2D eigenvalue weighted by atomic mass is 16.5. The Bertz CT molecular complexity index is 757. The standard InChI is InChI=1S/C20H25N3O3/c1-12(2)15-7-6-8-16(13(3)4)19(15)23-18(24)11-26-20(25)17-10-21-14(5)9-22-17/h6-10,12-13H,11H2,1-5H3,(H,23,24). The molecule has 2 aromatic rings. The van der Waals surface area contributed by atoms with Gasteiger partial charge in [-0.15, -0.1) is 0 Å². The molecule has 138 valence electrons. The molecule has 0 aliphatic rings. The molecule has 0 bridgehead atoms. The normalized spacial score (nSPS) is 10.9. The molecule has 26 heavy (non-hydrogen) atoms. The summed E-state index contributed by atoms with van der Waals surface area (Å²) in [5, 5.41) is 2.91. The Labute approximate surface area is 154 Å². The summed E-state index contributed by atoms with van der Waals surface area (Å²) < 4.78 is 5.05. The van der Waals surface area contributed by atoms with E-state index in [9.17, 15) is 9.59 Å². The number of benzene rings is 1. The van der Waals surface area contributed by atoms with Crippen LogP contribution < -0.4 is 5.32 Å². The first-order chi connectivity index (χ1) is 12.3. The van der Waals surface area contributed by atoms with Crippen molar-refractivity contribution in [2.45, 2.75) is 46.5 Å². The van der Waals surface area contributed by atoms with Gasteiger partial charge in [-0.25, -0.2) is 9.78 Å². The Balaban J connectivity index is 2.08. The van der Waals surface area contributed by atoms with Crippen LogP contribution in [0.5, 0.6) is 0 Å². The minimum Gasteiger partial charge on any atom is -0.451 e. The van der Waals surface area contributed by atoms with Crippen LogP contribution in [-0.4, -0.2) is 28.5 Å². The second-order valence-electron chi connectivity index (χ2n) is 6.79. The molecule has 0 spiro atoms. The average Bonchev–Trinajstić information content (AvgIpc) is 2.60. The molecule has 0 radical (unpaired) electrons. The molecule has 0 aliphatic heterocycles. The highest BCUT2D eigenvalue weighted by Gasteiger charge is 2.17. The summed E-state index contributed by atoms with van der Waals surface area (Å²) >= 11 is 0. The maximum absolute atomic E-state index is 12.3. The van der Waals surface area contributed by atoms with E-state index >= 15 is 0 Å². The molecule has 6 nitrogen and oxygen atoms in total. The highest BCUT2D eigenvalue weighted by Crippen LogP contribution is 2.32. The molecule has 0 aliphatic carbocycles. The third-order valence-corrected chi connectivity index (χ3v) is 3.96. The molecule has 0 saturated heterocycles. The molecule has 1 heterocycles. The number of amides is 1. The van der Waals surface area contributed by atoms with Crippen molar-refractivity contribution in [3.8, 4) is 0 Å². The Morgan fingerprint density at radius 2 is 1.65 bits per heavy atom. The number of hydrogen-bond donors (Lipinski definition) is 1. The van der Waals surface area contributed by atoms with E-state index in [1.54, 1.807) is 6.92 Å². The number of anilines is 1. The quantitative estimate of drug-likeness (QED) is 0.797. The minimum atomic E-state index is -0.672. The third kappa shape index (κ3) is 4.88. The Hall–Kier alpha value is -2.76. The van der Waals surface area contributed by atoms with Crippen LogP contribution in [0.25, 0.3) is 0 Å². The van der Waals surface area contributed by atoms with Crippen LogP contribution >= 0.6 is 0 Å². The maximum Gasteiger partial charge on any atom is 0.359 e. The highest BCUT2D eigenvalue weighted by molar-refractivity contribution is 5.96. The number of hydrogen-bond acceptors (Lipinski definition) is 5. The first-order valence-corrected chi connectivity index (χ1v) is 8.68. The Morgan fingerprint density at radius 3 is 2.15 bits per heavy atom. The van der Waals surface area contributed by atoms with Crippen molar-refractivity contribution in [1.29, 1.82) is 0 Å². The molecule has 1 aromatic carbocycles. The van der Waals surface area contributed by atoms with Gasteiger partial charge in [0.05, 0.1) is 11.9 Å². The van der Waals surface area contributed by atoms with Crippen LogP contribution in [0.3, 0.4) is 0 Å². The summed E-state index contributed by atoms with van der Waals surface area (Å²) in [5.41, 5.74) is 3.69. The fourth-order valence-corrected chi connectivity index (χ4v) is 2.57. The zero-order valence-corrected chi connectivity index (χ0v) is 15.9. The second-order valence-corrected chi connectivity index (χ2v) is 6.79. The van der Waals surface area contributed by atoms with Gasteiger partial charge in [0.1, 0.15) is 0 Å². The number of aryl methyl sites for hydroxylation is 1. The van der Waals surface area contributed by atoms with E-state index in [0.29, 0.717) is 5.69 Å². The number of nitrogens with one attached hydrogen (secondary N) is 1. The number of carbonyl (C=O) groups excluding carboxylic acids is 2. The van der Waals surface area contributed by atoms with Gasteiger partial charge in [-0.2, -0.15) is 0 Å². The van der Waals surface area contributed by atoms with Crippen molar-refractivity contribution in [3.63, 3.8) is 0 Å². The van der Waals surface area contributed by atoms with Crippen LogP contribution in [0.2, 0.25) is 0 Å². The summed E-state index contributed by atoms with van der Waals surface area (Å²) in [4.78, 5) is 32.2. The first kappa shape index (κ1) is 19.6. The largest absolute Gasteiger partial charge is 0.451 e. The predicted octanol–water partition coefficient (Wildman–Crippen LogP) is 3.83. The van der Waals surface area contributed by atoms with Crippen LogP contribution in [0.4, 0.5) is 5.69 Å². The summed E-state index contributed by atoms with van der Waals surface area (Å²) in [5.74, 6) is -0.536. The molecular formula is C20H25N3O3. The number of carbonyl (C=O) groups is 2. The van der Waals surface area contributed by atoms with Gasteiger partial charge in [0, 0.05) is 11.9 Å². The van der Waals surface area contributed by atoms with Crippen LogP contribution in [-0.2, 0) is 9.53 Å². The third-order valence-electron chi connectivity index (χ3n) is 3.96. The van der Waals surface area contributed by atoms with Crippen LogP contribution in [0, 0.1) is 6.92 Å². The molecule has 1 amide bonds. The molecule has 2 rings (SSSR count). The molecular weight excluding hydrogens is 330 g/mol. The van der Waals surface area contributed by atoms with Crippen LogP contribution in [0.1, 0.15) is 66.8 Å². The fourth-order valence-electron chi connectivity index (χ4n) is 2.57. The summed E-state index contributed by atoms with van der Waals surface area (Å²) in [6.07, 6.45) is 2.81. The van der Waals surface area contributed by atoms with Gasteiger partial charge in [0.2, 0.25) is 0 Å². The van der Waals surface area contributed by atoms with Gasteiger partial charge in [-0.3, -0.25) is 9.78 Å². The van der Waals surface area contributed by atoms with E-state index in [2.05, 4.69) is 43.0 Å². The zero-order valence-electron chi connectivity index (χ0n) is 15.9. The molecule has 0 atom stereocenters. The second kappa shape index (κ2) is 8.56. The number of rotatable bonds is 6. The van der Waals surface area contributed by atoms with E-state index in [0.717, 1.165) is 16.8 Å². The summed E-state index contributed by atoms with van der Waals surface area (Å²) in [6.45, 7) is 9.69. The number of nitrogens with zero attached hydrogens (tertiary/aromatic N) is 2. The average molecular weight is 355 g/mol. The van der Waals surface area contributed by atoms with Gasteiger partial charge < -0.3 is 10.1 Å². The molecule has 1 aromatic heterocycles. The van der Waals surface area contributed by atoms with Crippen molar-refractivity contribution < 1.29 is 14.3 Å². The van der Waals surface area contributed by atoms with Crippen molar-refractivity contribution in [2.24, 2.45) is 0 Å². The Kier molecular flexibility index (Phi) is 6.44. The fraction of sp³-hybridized carbons (Fsp3) is 0.400. The van der Waals surface area contributed by atoms with Crippen molar-refractivity contribution >= 4 is 17.6 Å². The first-order valence-electron chi connectivity index (χ1n) is 8.68. The van der Waals surface area contributed by atoms with E-state index in [-0.39, 0.29) is 30.0 Å². The van der Waals surface area contributed by atoms with Crippen LogP contribution in [0.15, 0.2) is 30.6 Å². The summed E-state index contributed by atoms with van der Waals surface area (Å²) in [6, 6.07) is 6.00. The van der Waals surface area contributed by atoms with Gasteiger partial charge in [0.25, 0.3) is 5.91 Å². The monoisotopic (exact) mass is 355 g/mol. The lowest BCUT2D eigenvalue weighted by molar-refractivity contribution is -0.119. The van der Waals surface area contributed by atoms with Crippen molar-refractivity contribution in [1.82, 2.24) is 9.97 Å². The smallest absolute Gasteiger partial charge is 0.359 e.